The van der Waals surface area contributed by atoms with Crippen LogP contribution in [0.25, 0.3) is 10.9 Å². The molecule has 2 heterocycles. The van der Waals surface area contributed by atoms with Gasteiger partial charge in [-0.1, -0.05) is 11.6 Å². The highest BCUT2D eigenvalue weighted by atomic mass is 35.5. The molecule has 0 bridgehead atoms. The number of aryl methyl sites for hydroxylation is 1. The molecule has 38 heavy (non-hydrogen) atoms. The molecule has 4 nitrogen and oxygen atoms in total. The van der Waals surface area contributed by atoms with Gasteiger partial charge in [0.05, 0.1) is 23.2 Å². The van der Waals surface area contributed by atoms with Crippen LogP contribution in [-0.4, -0.2) is 54.1 Å². The van der Waals surface area contributed by atoms with Gasteiger partial charge >= 0.3 is 6.18 Å². The zero-order valence-corrected chi connectivity index (χ0v) is 23.1. The number of fused-ring (bicyclic) bond motifs is 1. The summed E-state index contributed by atoms with van der Waals surface area (Å²) in [6.45, 7) is 3.03. The van der Waals surface area contributed by atoms with Crippen molar-refractivity contribution in [3.63, 3.8) is 0 Å². The van der Waals surface area contributed by atoms with E-state index in [1.54, 1.807) is 37.2 Å². The van der Waals surface area contributed by atoms with Crippen LogP contribution in [-0.2, 0) is 12.6 Å². The Morgan fingerprint density at radius 2 is 1.84 bits per heavy atom. The van der Waals surface area contributed by atoms with E-state index in [1.807, 2.05) is 18.2 Å². The average molecular weight is 567 g/mol. The van der Waals surface area contributed by atoms with Crippen LogP contribution in [0.4, 0.5) is 13.2 Å². The largest absolute Gasteiger partial charge is 0.497 e. The van der Waals surface area contributed by atoms with Crippen LogP contribution in [0.15, 0.2) is 53.6 Å². The second-order valence-electron chi connectivity index (χ2n) is 10.0. The van der Waals surface area contributed by atoms with Gasteiger partial charge in [0.1, 0.15) is 5.75 Å². The molecule has 1 saturated heterocycles. The highest BCUT2D eigenvalue weighted by molar-refractivity contribution is 7.99. The number of methoxy groups -OCH3 is 1. The lowest BCUT2D eigenvalue weighted by molar-refractivity contribution is -0.137. The summed E-state index contributed by atoms with van der Waals surface area (Å²) in [7, 11) is 1.65. The quantitative estimate of drug-likeness (QED) is 0.192. The van der Waals surface area contributed by atoms with Crippen molar-refractivity contribution >= 4 is 34.3 Å². The first-order valence-corrected chi connectivity index (χ1v) is 14.3. The molecular weight excluding hydrogens is 533 g/mol. The van der Waals surface area contributed by atoms with Crippen molar-refractivity contribution in [1.82, 2.24) is 9.88 Å². The minimum atomic E-state index is -4.30. The van der Waals surface area contributed by atoms with Crippen LogP contribution in [0.5, 0.6) is 5.75 Å². The van der Waals surface area contributed by atoms with E-state index in [0.29, 0.717) is 5.02 Å². The third-order valence-electron chi connectivity index (χ3n) is 7.59. The molecule has 0 radical (unpaired) electrons. The second-order valence-corrected chi connectivity index (χ2v) is 11.6. The maximum atomic E-state index is 12.7. The molecule has 1 aromatic heterocycles. The fraction of sp³-hybridized carbons (Fsp3) is 0.483. The van der Waals surface area contributed by atoms with Gasteiger partial charge in [-0.25, -0.2) is 0 Å². The second kappa shape index (κ2) is 12.9. The first-order valence-electron chi connectivity index (χ1n) is 13.0. The number of alkyl halides is 3. The number of thioether (sulfide) groups is 1. The predicted octanol–water partition coefficient (Wildman–Crippen LogP) is 7.50. The molecule has 0 unspecified atom stereocenters. The van der Waals surface area contributed by atoms with Crippen LogP contribution in [0.1, 0.15) is 43.2 Å². The summed E-state index contributed by atoms with van der Waals surface area (Å²) in [6, 6.07) is 11.2. The Balaban J connectivity index is 1.22. The van der Waals surface area contributed by atoms with Crippen molar-refractivity contribution in [2.24, 2.45) is 5.41 Å². The van der Waals surface area contributed by atoms with Gasteiger partial charge in [-0.15, -0.1) is 11.8 Å². The summed E-state index contributed by atoms with van der Waals surface area (Å²) in [5.41, 5.74) is 1.29. The van der Waals surface area contributed by atoms with E-state index >= 15 is 0 Å². The lowest BCUT2D eigenvalue weighted by atomic mass is 9.75. The normalized spacial score (nSPS) is 16.2. The molecule has 0 aliphatic carbocycles. The number of piperidine rings is 1. The summed E-state index contributed by atoms with van der Waals surface area (Å²) in [6.07, 6.45) is 2.97. The predicted molar refractivity (Wildman–Crippen MR) is 148 cm³/mol. The molecule has 0 atom stereocenters. The molecule has 4 rings (SSSR count). The smallest absolute Gasteiger partial charge is 0.416 e. The molecule has 1 fully saturated rings. The Bertz CT molecular complexity index is 1200. The van der Waals surface area contributed by atoms with Gasteiger partial charge < -0.3 is 14.7 Å². The van der Waals surface area contributed by atoms with Crippen molar-refractivity contribution in [1.29, 1.82) is 0 Å². The zero-order chi connectivity index (χ0) is 27.2. The van der Waals surface area contributed by atoms with Crippen molar-refractivity contribution in [2.75, 3.05) is 39.1 Å². The van der Waals surface area contributed by atoms with Crippen molar-refractivity contribution in [3.05, 3.63) is 64.8 Å². The minimum absolute atomic E-state index is 0.0710. The fourth-order valence-electron chi connectivity index (χ4n) is 5.18. The van der Waals surface area contributed by atoms with E-state index in [0.717, 1.165) is 103 Å². The zero-order valence-electron chi connectivity index (χ0n) is 21.6. The summed E-state index contributed by atoms with van der Waals surface area (Å²) in [4.78, 5) is 7.73. The fourth-order valence-corrected chi connectivity index (χ4v) is 6.26. The molecule has 0 amide bonds. The molecule has 1 aliphatic heterocycles. The molecule has 1 N–H and O–H groups in total. The number of aliphatic hydroxyl groups is 1. The third-order valence-corrected chi connectivity index (χ3v) is 9.01. The SMILES string of the molecule is COc1ccc2ncc(Cl)c(CCCC3(CO)CCN(CCCSc4ccc(C(F)(F)F)cc4)CC3)c2c1. The number of benzene rings is 2. The topological polar surface area (TPSA) is 45.6 Å². The van der Waals surface area contributed by atoms with E-state index in [1.165, 1.54) is 0 Å². The number of halogens is 4. The Morgan fingerprint density at radius 3 is 2.50 bits per heavy atom. The van der Waals surface area contributed by atoms with E-state index in [2.05, 4.69) is 9.88 Å². The third kappa shape index (κ3) is 7.34. The van der Waals surface area contributed by atoms with E-state index in [4.69, 9.17) is 16.3 Å². The van der Waals surface area contributed by atoms with E-state index in [9.17, 15) is 18.3 Å². The van der Waals surface area contributed by atoms with Gasteiger partial charge in [0.25, 0.3) is 0 Å². The van der Waals surface area contributed by atoms with Crippen LogP contribution >= 0.6 is 23.4 Å². The number of likely N-dealkylation sites (tertiary alicyclic amines) is 1. The molecule has 1 aliphatic rings. The van der Waals surface area contributed by atoms with E-state index < -0.39 is 11.7 Å². The monoisotopic (exact) mass is 566 g/mol. The van der Waals surface area contributed by atoms with Gasteiger partial charge in [-0.3, -0.25) is 4.98 Å². The lowest BCUT2D eigenvalue weighted by Gasteiger charge is -2.41. The number of aromatic nitrogens is 1. The van der Waals surface area contributed by atoms with E-state index in [-0.39, 0.29) is 12.0 Å². The first-order chi connectivity index (χ1) is 18.2. The van der Waals surface area contributed by atoms with Crippen molar-refractivity contribution < 1.29 is 23.0 Å². The van der Waals surface area contributed by atoms with Gasteiger partial charge in [-0.2, -0.15) is 13.2 Å². The Hall–Kier alpha value is -2.00. The van der Waals surface area contributed by atoms with Crippen LogP contribution in [0.2, 0.25) is 5.02 Å². The molecule has 3 aromatic rings. The number of rotatable bonds is 11. The van der Waals surface area contributed by atoms with Gasteiger partial charge in [-0.05, 0) is 117 Å². The highest BCUT2D eigenvalue weighted by Gasteiger charge is 2.33. The number of pyridine rings is 1. The van der Waals surface area contributed by atoms with Gasteiger partial charge in [0, 0.05) is 23.1 Å². The summed E-state index contributed by atoms with van der Waals surface area (Å²) >= 11 is 8.11. The lowest BCUT2D eigenvalue weighted by Crippen LogP contribution is -2.42. The summed E-state index contributed by atoms with van der Waals surface area (Å²) in [5, 5.41) is 12.0. The van der Waals surface area contributed by atoms with Gasteiger partial charge in [0.15, 0.2) is 0 Å². The Labute approximate surface area is 231 Å². The Kier molecular flexibility index (Phi) is 9.84. The molecule has 0 saturated carbocycles. The van der Waals surface area contributed by atoms with Crippen LogP contribution < -0.4 is 4.74 Å². The first kappa shape index (κ1) is 29.0. The van der Waals surface area contributed by atoms with Crippen molar-refractivity contribution in [3.8, 4) is 5.75 Å². The number of hydrogen-bond acceptors (Lipinski definition) is 5. The molecule has 9 heteroatoms. The Morgan fingerprint density at radius 1 is 1.11 bits per heavy atom. The highest BCUT2D eigenvalue weighted by Crippen LogP contribution is 2.38. The van der Waals surface area contributed by atoms with Crippen LogP contribution in [0.3, 0.4) is 0 Å². The number of ether oxygens (including phenoxy) is 1. The van der Waals surface area contributed by atoms with Crippen molar-refractivity contribution in [2.45, 2.75) is 49.6 Å². The average Bonchev–Trinajstić information content (AvgIpc) is 2.92. The molecule has 2 aromatic carbocycles. The number of aliphatic hydroxyl groups excluding tert-OH is 1. The number of hydrogen-bond donors (Lipinski definition) is 1. The standard InChI is InChI=1S/C29H34ClF3N2O2S/c1-37-22-7-10-27-25(18-22)24(26(30)19-34-27)4-2-11-28(20-36)12-15-35(16-13-28)14-3-17-38-23-8-5-21(6-9-23)29(31,32)33/h5-10,18-19,36H,2-4,11-17,20H2,1H3. The molecule has 206 valence electrons. The maximum absolute atomic E-state index is 12.7. The minimum Gasteiger partial charge on any atom is -0.497 e. The summed E-state index contributed by atoms with van der Waals surface area (Å²) < 4.78 is 43.5. The van der Waals surface area contributed by atoms with Gasteiger partial charge in [0.2, 0.25) is 0 Å². The number of nitrogens with zero attached hydrogens (tertiary/aromatic N) is 2. The molecule has 0 spiro atoms. The maximum Gasteiger partial charge on any atom is 0.416 e. The molecular formula is C29H34ClF3N2O2S. The summed E-state index contributed by atoms with van der Waals surface area (Å²) in [5.74, 6) is 1.64. The van der Waals surface area contributed by atoms with Crippen LogP contribution in [0, 0.1) is 5.41 Å².